The highest BCUT2D eigenvalue weighted by Crippen LogP contribution is 2.60. The molecule has 0 aromatic heterocycles. The second-order valence-electron chi connectivity index (χ2n) is 9.69. The zero-order valence-electron chi connectivity index (χ0n) is 15.2. The molecule has 0 unspecified atom stereocenters. The molecule has 1 heteroatoms. The molecular formula is C22H31N. The first-order valence-electron chi connectivity index (χ1n) is 9.50. The first kappa shape index (κ1) is 15.4. The van der Waals surface area contributed by atoms with Gasteiger partial charge >= 0.3 is 0 Å². The van der Waals surface area contributed by atoms with Crippen LogP contribution in [0.5, 0.6) is 0 Å². The molecule has 4 bridgehead atoms. The number of aliphatic imine (C=N–C) groups is 1. The first-order valence-corrected chi connectivity index (χ1v) is 9.50. The highest BCUT2D eigenvalue weighted by molar-refractivity contribution is 5.89. The minimum absolute atomic E-state index is 0.151. The number of hydrogen-bond donors (Lipinski definition) is 0. The summed E-state index contributed by atoms with van der Waals surface area (Å²) in [5.74, 6) is 3.05. The Morgan fingerprint density at radius 3 is 1.83 bits per heavy atom. The maximum atomic E-state index is 4.83. The van der Waals surface area contributed by atoms with Gasteiger partial charge in [0, 0.05) is 5.71 Å². The molecule has 0 radical (unpaired) electrons. The Bertz CT molecular complexity index is 579. The fraction of sp³-hybridized carbons (Fsp3) is 0.682. The van der Waals surface area contributed by atoms with E-state index in [0.29, 0.717) is 5.41 Å². The van der Waals surface area contributed by atoms with E-state index < -0.39 is 0 Å². The van der Waals surface area contributed by atoms with Crippen LogP contribution in [0.4, 0.5) is 5.69 Å². The summed E-state index contributed by atoms with van der Waals surface area (Å²) in [6.07, 6.45) is 8.90. The SMILES string of the molecule is CC(=Nc1ccc(C23CC4CC(CC(C4)C2)C3)cc1)C(C)(C)C. The molecule has 0 spiro atoms. The van der Waals surface area contributed by atoms with Gasteiger partial charge in [-0.2, -0.15) is 0 Å². The molecule has 0 saturated heterocycles. The minimum Gasteiger partial charge on any atom is -0.258 e. The van der Waals surface area contributed by atoms with Gasteiger partial charge < -0.3 is 0 Å². The van der Waals surface area contributed by atoms with E-state index in [2.05, 4.69) is 52.0 Å². The normalized spacial score (nSPS) is 36.5. The van der Waals surface area contributed by atoms with E-state index >= 15 is 0 Å². The number of nitrogens with zero attached hydrogens (tertiary/aromatic N) is 1. The average Bonchev–Trinajstić information content (AvgIpc) is 2.45. The number of rotatable bonds is 2. The molecule has 124 valence electrons. The second kappa shape index (κ2) is 5.19. The maximum Gasteiger partial charge on any atom is 0.0629 e. The van der Waals surface area contributed by atoms with Gasteiger partial charge in [0.05, 0.1) is 5.69 Å². The van der Waals surface area contributed by atoms with Crippen LogP contribution in [0.15, 0.2) is 29.3 Å². The third-order valence-electron chi connectivity index (χ3n) is 6.90. The predicted molar refractivity (Wildman–Crippen MR) is 98.5 cm³/mol. The van der Waals surface area contributed by atoms with E-state index in [-0.39, 0.29) is 5.41 Å². The lowest BCUT2D eigenvalue weighted by molar-refractivity contribution is -0.00518. The fourth-order valence-corrected chi connectivity index (χ4v) is 5.72. The van der Waals surface area contributed by atoms with Crippen molar-refractivity contribution in [3.05, 3.63) is 29.8 Å². The summed E-state index contributed by atoms with van der Waals surface area (Å²) in [5, 5.41) is 0. The van der Waals surface area contributed by atoms with Crippen molar-refractivity contribution >= 4 is 11.4 Å². The van der Waals surface area contributed by atoms with Gasteiger partial charge in [-0.3, -0.25) is 4.99 Å². The molecule has 5 rings (SSSR count). The van der Waals surface area contributed by atoms with Crippen LogP contribution >= 0.6 is 0 Å². The molecule has 4 saturated carbocycles. The van der Waals surface area contributed by atoms with E-state index in [0.717, 1.165) is 23.4 Å². The van der Waals surface area contributed by atoms with Gasteiger partial charge in [0.2, 0.25) is 0 Å². The topological polar surface area (TPSA) is 12.4 Å². The standard InChI is InChI=1S/C22H31N/c1-15(21(2,3)4)23-20-7-5-19(6-8-20)22-12-16-9-17(13-22)11-18(10-16)14-22/h5-8,16-18H,9-14H2,1-4H3. The van der Waals surface area contributed by atoms with Gasteiger partial charge in [0.25, 0.3) is 0 Å². The molecule has 0 heterocycles. The molecule has 0 atom stereocenters. The van der Waals surface area contributed by atoms with Crippen LogP contribution < -0.4 is 0 Å². The predicted octanol–water partition coefficient (Wildman–Crippen LogP) is 6.29. The van der Waals surface area contributed by atoms with E-state index in [1.54, 1.807) is 5.56 Å². The van der Waals surface area contributed by atoms with Crippen LogP contribution in [0.25, 0.3) is 0 Å². The summed E-state index contributed by atoms with van der Waals surface area (Å²) >= 11 is 0. The van der Waals surface area contributed by atoms with Crippen LogP contribution in [0.1, 0.15) is 71.8 Å². The van der Waals surface area contributed by atoms with E-state index in [9.17, 15) is 0 Å². The number of hydrogen-bond acceptors (Lipinski definition) is 1. The molecule has 4 fully saturated rings. The molecule has 0 aliphatic heterocycles. The highest BCUT2D eigenvalue weighted by Gasteiger charge is 2.51. The summed E-state index contributed by atoms with van der Waals surface area (Å²) in [4.78, 5) is 4.83. The Labute approximate surface area is 141 Å². The molecule has 23 heavy (non-hydrogen) atoms. The molecular weight excluding hydrogens is 278 g/mol. The van der Waals surface area contributed by atoms with Gasteiger partial charge in [-0.25, -0.2) is 0 Å². The van der Waals surface area contributed by atoms with Gasteiger partial charge in [0.15, 0.2) is 0 Å². The molecule has 0 amide bonds. The Balaban J connectivity index is 1.59. The van der Waals surface area contributed by atoms with Crippen molar-refractivity contribution in [1.29, 1.82) is 0 Å². The summed E-state index contributed by atoms with van der Waals surface area (Å²) < 4.78 is 0. The quantitative estimate of drug-likeness (QED) is 0.569. The Kier molecular flexibility index (Phi) is 3.48. The fourth-order valence-electron chi connectivity index (χ4n) is 5.72. The average molecular weight is 309 g/mol. The van der Waals surface area contributed by atoms with Crippen LogP contribution in [0.2, 0.25) is 0 Å². The van der Waals surface area contributed by atoms with Gasteiger partial charge in [-0.05, 0) is 91.7 Å². The summed E-state index contributed by atoms with van der Waals surface area (Å²) in [7, 11) is 0. The van der Waals surface area contributed by atoms with Crippen LogP contribution in [-0.4, -0.2) is 5.71 Å². The monoisotopic (exact) mass is 309 g/mol. The summed E-state index contributed by atoms with van der Waals surface area (Å²) in [5.41, 5.74) is 4.59. The molecule has 4 aliphatic rings. The van der Waals surface area contributed by atoms with Crippen molar-refractivity contribution in [2.24, 2.45) is 28.2 Å². The van der Waals surface area contributed by atoms with Crippen molar-refractivity contribution in [2.45, 2.75) is 71.6 Å². The first-order chi connectivity index (χ1) is 10.8. The van der Waals surface area contributed by atoms with Crippen LogP contribution in [0, 0.1) is 23.2 Å². The van der Waals surface area contributed by atoms with Gasteiger partial charge in [-0.15, -0.1) is 0 Å². The molecule has 0 N–H and O–H groups in total. The lowest BCUT2D eigenvalue weighted by atomic mass is 9.48. The molecule has 1 aromatic carbocycles. The highest BCUT2D eigenvalue weighted by atomic mass is 14.8. The molecule has 4 aliphatic carbocycles. The Morgan fingerprint density at radius 1 is 0.913 bits per heavy atom. The summed E-state index contributed by atoms with van der Waals surface area (Å²) in [6, 6.07) is 9.29. The van der Waals surface area contributed by atoms with Crippen molar-refractivity contribution in [1.82, 2.24) is 0 Å². The largest absolute Gasteiger partial charge is 0.258 e. The van der Waals surface area contributed by atoms with E-state index in [1.165, 1.54) is 44.2 Å². The van der Waals surface area contributed by atoms with Gasteiger partial charge in [-0.1, -0.05) is 32.9 Å². The Morgan fingerprint density at radius 2 is 1.39 bits per heavy atom. The van der Waals surface area contributed by atoms with Crippen LogP contribution in [-0.2, 0) is 5.41 Å². The maximum absolute atomic E-state index is 4.83. The smallest absolute Gasteiger partial charge is 0.0629 e. The number of benzene rings is 1. The van der Waals surface area contributed by atoms with Crippen molar-refractivity contribution < 1.29 is 0 Å². The molecule has 1 nitrogen and oxygen atoms in total. The lowest BCUT2D eigenvalue weighted by Gasteiger charge is -2.57. The second-order valence-corrected chi connectivity index (χ2v) is 9.69. The van der Waals surface area contributed by atoms with E-state index in [4.69, 9.17) is 4.99 Å². The minimum atomic E-state index is 0.151. The third kappa shape index (κ3) is 2.77. The zero-order valence-corrected chi connectivity index (χ0v) is 15.2. The third-order valence-corrected chi connectivity index (χ3v) is 6.90. The van der Waals surface area contributed by atoms with Crippen LogP contribution in [0.3, 0.4) is 0 Å². The van der Waals surface area contributed by atoms with Crippen molar-refractivity contribution in [3.8, 4) is 0 Å². The zero-order chi connectivity index (χ0) is 16.2. The van der Waals surface area contributed by atoms with E-state index in [1.807, 2.05) is 0 Å². The lowest BCUT2D eigenvalue weighted by Crippen LogP contribution is -2.48. The van der Waals surface area contributed by atoms with Crippen molar-refractivity contribution in [3.63, 3.8) is 0 Å². The van der Waals surface area contributed by atoms with Gasteiger partial charge in [0.1, 0.15) is 0 Å². The molecule has 1 aromatic rings. The Hall–Kier alpha value is -1.11. The van der Waals surface area contributed by atoms with Crippen molar-refractivity contribution in [2.75, 3.05) is 0 Å². The summed E-state index contributed by atoms with van der Waals surface area (Å²) in [6.45, 7) is 8.84.